The summed E-state index contributed by atoms with van der Waals surface area (Å²) in [6.45, 7) is 1.39. The quantitative estimate of drug-likeness (QED) is 0.791. The number of fused-ring (bicyclic) bond motifs is 1. The molecule has 0 fully saturated rings. The molecule has 0 saturated heterocycles. The molecule has 7 heteroatoms. The van der Waals surface area contributed by atoms with Gasteiger partial charge in [0, 0.05) is 14.0 Å². The number of sulfonamides is 1. The minimum atomic E-state index is -3.80. The molecule has 1 aromatic carbocycles. The minimum absolute atomic E-state index is 0.00507. The Hall–Kier alpha value is -2.07. The highest BCUT2D eigenvalue weighted by Gasteiger charge is 2.34. The van der Waals surface area contributed by atoms with Crippen LogP contribution in [0.3, 0.4) is 0 Å². The number of terminal acetylenes is 1. The molecule has 0 bridgehead atoms. The van der Waals surface area contributed by atoms with E-state index in [4.69, 9.17) is 11.2 Å². The van der Waals surface area contributed by atoms with Gasteiger partial charge in [-0.15, -0.1) is 10.8 Å². The number of hydrogen-bond donors (Lipinski definition) is 0. The lowest BCUT2D eigenvalue weighted by atomic mass is 10.1. The van der Waals surface area contributed by atoms with E-state index in [1.54, 1.807) is 7.05 Å². The zero-order chi connectivity index (χ0) is 14.9. The minimum Gasteiger partial charge on any atom is -0.460 e. The maximum atomic E-state index is 13.1. The highest BCUT2D eigenvalue weighted by molar-refractivity contribution is 7.90. The van der Waals surface area contributed by atoms with E-state index in [9.17, 15) is 12.8 Å². The average molecular weight is 296 g/mol. The Morgan fingerprint density at radius 1 is 1.55 bits per heavy atom. The van der Waals surface area contributed by atoms with Crippen molar-refractivity contribution in [2.75, 3.05) is 13.6 Å². The average Bonchev–Trinajstić information content (AvgIpc) is 2.63. The summed E-state index contributed by atoms with van der Waals surface area (Å²) in [4.78, 5) is 1.49. The van der Waals surface area contributed by atoms with Gasteiger partial charge < -0.3 is 9.64 Å². The van der Waals surface area contributed by atoms with Gasteiger partial charge in [0.05, 0.1) is 12.1 Å². The van der Waals surface area contributed by atoms with E-state index in [1.165, 1.54) is 30.0 Å². The van der Waals surface area contributed by atoms with E-state index >= 15 is 0 Å². The van der Waals surface area contributed by atoms with E-state index in [0.717, 1.165) is 0 Å². The van der Waals surface area contributed by atoms with Crippen LogP contribution in [0.4, 0.5) is 4.39 Å². The predicted molar refractivity (Wildman–Crippen MR) is 72.8 cm³/mol. The molecule has 1 aromatic rings. The van der Waals surface area contributed by atoms with Crippen LogP contribution in [0.5, 0.6) is 5.75 Å². The van der Waals surface area contributed by atoms with Crippen molar-refractivity contribution in [1.29, 1.82) is 0 Å². The van der Waals surface area contributed by atoms with Gasteiger partial charge in [0.25, 0.3) is 10.0 Å². The second-order valence-electron chi connectivity index (χ2n) is 4.24. The third kappa shape index (κ3) is 2.47. The van der Waals surface area contributed by atoms with Crippen molar-refractivity contribution >= 4 is 15.9 Å². The van der Waals surface area contributed by atoms with Crippen molar-refractivity contribution in [3.8, 4) is 18.1 Å². The van der Waals surface area contributed by atoms with Gasteiger partial charge >= 0.3 is 0 Å². The maximum Gasteiger partial charge on any atom is 0.285 e. The largest absolute Gasteiger partial charge is 0.460 e. The van der Waals surface area contributed by atoms with E-state index in [-0.39, 0.29) is 28.6 Å². The van der Waals surface area contributed by atoms with Gasteiger partial charge in [-0.2, -0.15) is 8.42 Å². The van der Waals surface area contributed by atoms with Gasteiger partial charge in [0.1, 0.15) is 10.6 Å². The molecule has 20 heavy (non-hydrogen) atoms. The molecule has 1 aliphatic rings. The van der Waals surface area contributed by atoms with Crippen LogP contribution in [-0.4, -0.2) is 39.1 Å². The summed E-state index contributed by atoms with van der Waals surface area (Å²) in [5, 5.41) is 0. The first kappa shape index (κ1) is 14.3. The van der Waals surface area contributed by atoms with Crippen LogP contribution in [0.2, 0.25) is 0 Å². The Labute approximate surface area is 117 Å². The summed E-state index contributed by atoms with van der Waals surface area (Å²) < 4.78 is 45.8. The number of rotatable bonds is 3. The van der Waals surface area contributed by atoms with Crippen molar-refractivity contribution in [3.05, 3.63) is 23.8 Å². The zero-order valence-electron chi connectivity index (χ0n) is 11.0. The van der Waals surface area contributed by atoms with Crippen LogP contribution in [0.25, 0.3) is 0 Å². The van der Waals surface area contributed by atoms with Gasteiger partial charge in [-0.1, -0.05) is 12.0 Å². The topological polar surface area (TPSA) is 59.0 Å². The number of amidine groups is 1. The van der Waals surface area contributed by atoms with E-state index in [0.29, 0.717) is 0 Å². The highest BCUT2D eigenvalue weighted by atomic mass is 32.2. The second-order valence-corrected chi connectivity index (χ2v) is 5.81. The zero-order valence-corrected chi connectivity index (χ0v) is 11.8. The van der Waals surface area contributed by atoms with E-state index in [2.05, 4.69) is 10.3 Å². The van der Waals surface area contributed by atoms with Crippen LogP contribution >= 0.6 is 0 Å². The van der Waals surface area contributed by atoms with Crippen LogP contribution in [0, 0.1) is 12.3 Å². The summed E-state index contributed by atoms with van der Waals surface area (Å²) in [7, 11) is -2.19. The van der Waals surface area contributed by atoms with E-state index in [1.807, 2.05) is 0 Å². The molecule has 1 heterocycles. The lowest BCUT2D eigenvalue weighted by molar-refractivity contribution is 0.0855. The molecule has 0 aromatic heterocycles. The van der Waals surface area contributed by atoms with Gasteiger partial charge in [0.2, 0.25) is 6.36 Å². The predicted octanol–water partition coefficient (Wildman–Crippen LogP) is 1.39. The molecule has 106 valence electrons. The van der Waals surface area contributed by atoms with Crippen molar-refractivity contribution in [3.63, 3.8) is 0 Å². The molecular formula is C13H13FN2O3S. The normalized spacial score (nSPS) is 16.8. The van der Waals surface area contributed by atoms with Gasteiger partial charge in [-0.05, 0) is 12.1 Å². The molecule has 0 radical (unpaired) electrons. The number of halogens is 1. The number of hydrogen-bond acceptors (Lipinski definition) is 4. The lowest BCUT2D eigenvalue weighted by Gasteiger charge is -2.18. The summed E-state index contributed by atoms with van der Waals surface area (Å²) in [5.41, 5.74) is 0.245. The first-order valence-corrected chi connectivity index (χ1v) is 7.24. The summed E-state index contributed by atoms with van der Waals surface area (Å²) in [6.07, 6.45) is 3.65. The Bertz CT molecular complexity index is 705. The first-order chi connectivity index (χ1) is 9.36. The molecule has 1 unspecified atom stereocenters. The van der Waals surface area contributed by atoms with Crippen molar-refractivity contribution < 1.29 is 17.5 Å². The number of benzene rings is 1. The number of ether oxygens (including phenoxy) is 1. The van der Waals surface area contributed by atoms with Crippen molar-refractivity contribution in [2.24, 2.45) is 4.40 Å². The number of nitrogens with zero attached hydrogens (tertiary/aromatic N) is 2. The Morgan fingerprint density at radius 3 is 2.85 bits per heavy atom. The Balaban J connectivity index is 2.60. The fourth-order valence-corrected chi connectivity index (χ4v) is 3.16. The third-order valence-electron chi connectivity index (χ3n) is 2.68. The SMILES string of the molecule is C#CCN(C)C1=NS(=O)(=O)c2cccc(OC(C)F)c21. The Kier molecular flexibility index (Phi) is 3.68. The molecule has 0 N–H and O–H groups in total. The molecule has 1 aliphatic heterocycles. The van der Waals surface area contributed by atoms with Crippen LogP contribution in [-0.2, 0) is 10.0 Å². The fourth-order valence-electron chi connectivity index (χ4n) is 1.90. The molecule has 0 saturated carbocycles. The smallest absolute Gasteiger partial charge is 0.285 e. The molecule has 0 aliphatic carbocycles. The fraction of sp³-hybridized carbons (Fsp3) is 0.308. The Morgan fingerprint density at radius 2 is 2.25 bits per heavy atom. The highest BCUT2D eigenvalue weighted by Crippen LogP contribution is 2.34. The summed E-state index contributed by atoms with van der Waals surface area (Å²) in [6, 6.07) is 4.38. The molecule has 0 spiro atoms. The third-order valence-corrected chi connectivity index (χ3v) is 3.98. The van der Waals surface area contributed by atoms with Gasteiger partial charge in [-0.3, -0.25) is 0 Å². The maximum absolute atomic E-state index is 13.1. The van der Waals surface area contributed by atoms with E-state index < -0.39 is 16.4 Å². The standard InChI is InChI=1S/C13H13FN2O3S/c1-4-8-16(3)13-12-10(19-9(2)14)6-5-7-11(12)20(17,18)15-13/h1,5-7,9H,8H2,2-3H3. The first-order valence-electron chi connectivity index (χ1n) is 5.80. The summed E-state index contributed by atoms with van der Waals surface area (Å²) >= 11 is 0. The van der Waals surface area contributed by atoms with Gasteiger partial charge in [-0.25, -0.2) is 4.39 Å². The molecule has 5 nitrogen and oxygen atoms in total. The number of alkyl halides is 1. The van der Waals surface area contributed by atoms with Crippen LogP contribution < -0.4 is 4.74 Å². The van der Waals surface area contributed by atoms with Crippen LogP contribution in [0.15, 0.2) is 27.5 Å². The monoisotopic (exact) mass is 296 g/mol. The molecule has 1 atom stereocenters. The molecular weight excluding hydrogens is 283 g/mol. The van der Waals surface area contributed by atoms with Crippen LogP contribution in [0.1, 0.15) is 12.5 Å². The van der Waals surface area contributed by atoms with Gasteiger partial charge in [0.15, 0.2) is 5.84 Å². The summed E-state index contributed by atoms with van der Waals surface area (Å²) in [5.74, 6) is 2.69. The van der Waals surface area contributed by atoms with Crippen molar-refractivity contribution in [1.82, 2.24) is 4.90 Å². The second kappa shape index (κ2) is 5.13. The lowest BCUT2D eigenvalue weighted by Crippen LogP contribution is -2.27. The molecule has 0 amide bonds. The van der Waals surface area contributed by atoms with Crippen molar-refractivity contribution in [2.45, 2.75) is 18.2 Å². The molecule has 2 rings (SSSR count).